The molecule has 2 N–H and O–H groups in total. The van der Waals surface area contributed by atoms with Crippen molar-refractivity contribution in [3.8, 4) is 16.9 Å². The lowest BCUT2D eigenvalue weighted by Gasteiger charge is -2.44. The van der Waals surface area contributed by atoms with Crippen molar-refractivity contribution in [3.05, 3.63) is 48.5 Å². The third-order valence-electron chi connectivity index (χ3n) is 5.83. The Morgan fingerprint density at radius 2 is 1.56 bits per heavy atom. The van der Waals surface area contributed by atoms with Gasteiger partial charge in [-0.25, -0.2) is 13.8 Å². The molecule has 1 fully saturated rings. The molecule has 1 heterocycles. The van der Waals surface area contributed by atoms with Crippen LogP contribution in [0.1, 0.15) is 12.8 Å². The van der Waals surface area contributed by atoms with Crippen LogP contribution in [0.25, 0.3) is 11.1 Å². The summed E-state index contributed by atoms with van der Waals surface area (Å²) in [4.78, 5) is 25.8. The van der Waals surface area contributed by atoms with E-state index in [1.165, 1.54) is 12.0 Å². The first-order valence-electron chi connectivity index (χ1n) is 10.6. The Morgan fingerprint density at radius 1 is 1.00 bits per heavy atom. The summed E-state index contributed by atoms with van der Waals surface area (Å²) in [5, 5.41) is 9.32. The molecule has 1 saturated heterocycles. The number of benzene rings is 2. The molecule has 2 aromatic rings. The van der Waals surface area contributed by atoms with Gasteiger partial charge in [0.05, 0.1) is 19.4 Å². The van der Waals surface area contributed by atoms with Gasteiger partial charge in [-0.05, 0) is 35.4 Å². The molecule has 11 heteroatoms. The Balaban J connectivity index is 1.93. The highest BCUT2D eigenvalue weighted by Crippen LogP contribution is 2.37. The highest BCUT2D eigenvalue weighted by atomic mass is 32.2. The van der Waals surface area contributed by atoms with Gasteiger partial charge in [-0.3, -0.25) is 8.86 Å². The predicted molar refractivity (Wildman–Crippen MR) is 126 cm³/mol. The Labute approximate surface area is 200 Å². The maximum Gasteiger partial charge on any atom is 0.407 e. The Morgan fingerprint density at radius 3 is 2.03 bits per heavy atom. The number of hydrogen-bond donors (Lipinski definition) is 2. The van der Waals surface area contributed by atoms with E-state index in [9.17, 15) is 23.5 Å². The third kappa shape index (κ3) is 5.49. The van der Waals surface area contributed by atoms with Crippen molar-refractivity contribution in [1.82, 2.24) is 4.90 Å². The topological polar surface area (TPSA) is 126 Å². The lowest BCUT2D eigenvalue weighted by Crippen LogP contribution is -2.62. The van der Waals surface area contributed by atoms with E-state index in [0.29, 0.717) is 5.69 Å². The zero-order valence-corrected chi connectivity index (χ0v) is 19.8. The number of amides is 1. The van der Waals surface area contributed by atoms with Gasteiger partial charge < -0.3 is 24.2 Å². The second kappa shape index (κ2) is 11.3. The minimum atomic E-state index is -2.58. The fourth-order valence-corrected chi connectivity index (χ4v) is 4.83. The number of esters is 1. The molecule has 0 radical (unpaired) electrons. The van der Waals surface area contributed by atoms with Crippen LogP contribution >= 0.6 is 0 Å². The third-order valence-corrected chi connectivity index (χ3v) is 6.70. The average Bonchev–Trinajstić information content (AvgIpc) is 2.84. The molecule has 1 amide bonds. The number of likely N-dealkylation sites (tertiary alicyclic amines) is 1. The highest BCUT2D eigenvalue weighted by molar-refractivity contribution is 7.80. The van der Waals surface area contributed by atoms with Crippen molar-refractivity contribution < 1.29 is 37.7 Å². The Hall–Kier alpha value is -3.15. The molecule has 1 unspecified atom stereocenters. The number of rotatable bonds is 9. The van der Waals surface area contributed by atoms with Crippen molar-refractivity contribution in [3.63, 3.8) is 0 Å². The van der Waals surface area contributed by atoms with Gasteiger partial charge in [-0.1, -0.05) is 24.3 Å². The summed E-state index contributed by atoms with van der Waals surface area (Å²) in [6.07, 6.45) is -1.11. The summed E-state index contributed by atoms with van der Waals surface area (Å²) in [5.41, 5.74) is 0.617. The molecule has 0 aromatic heterocycles. The SMILES string of the molecule is COCCOC(=O)C1(N(c2ccc(-c3ccc(OC)cc3)cc2)S(=O)O)CCN(C(=O)O)CC1. The molecular weight excluding hydrogens is 464 g/mol. The maximum atomic E-state index is 13.2. The number of ether oxygens (including phenoxy) is 3. The molecule has 10 nitrogen and oxygen atoms in total. The highest BCUT2D eigenvalue weighted by Gasteiger charge is 2.51. The molecule has 0 aliphatic carbocycles. The van der Waals surface area contributed by atoms with E-state index in [1.54, 1.807) is 31.4 Å². The monoisotopic (exact) mass is 492 g/mol. The number of carbonyl (C=O) groups excluding carboxylic acids is 1. The Bertz CT molecular complexity index is 1000. The van der Waals surface area contributed by atoms with Gasteiger partial charge in [0.25, 0.3) is 11.3 Å². The summed E-state index contributed by atoms with van der Waals surface area (Å²) in [6, 6.07) is 14.3. The van der Waals surface area contributed by atoms with E-state index < -0.39 is 28.9 Å². The van der Waals surface area contributed by atoms with Gasteiger partial charge in [0.1, 0.15) is 12.4 Å². The van der Waals surface area contributed by atoms with Crippen molar-refractivity contribution in [2.45, 2.75) is 18.4 Å². The maximum absolute atomic E-state index is 13.2. The van der Waals surface area contributed by atoms with Gasteiger partial charge in [-0.2, -0.15) is 0 Å². The van der Waals surface area contributed by atoms with Gasteiger partial charge in [0, 0.05) is 33.0 Å². The fourth-order valence-electron chi connectivity index (χ4n) is 3.97. The predicted octanol–water partition coefficient (Wildman–Crippen LogP) is 3.01. The number of methoxy groups -OCH3 is 2. The molecule has 0 spiro atoms. The number of carbonyl (C=O) groups is 2. The standard InChI is InChI=1S/C23H28N2O8S/c1-31-15-16-33-21(26)23(11-13-24(14-12-23)22(27)28)25(34(29)30)19-7-3-17(4-8-19)18-5-9-20(32-2)10-6-18/h3-10H,11-16H2,1-2H3,(H,27,28)(H,29,30). The fraction of sp³-hybridized carbons (Fsp3) is 0.391. The molecule has 1 aliphatic heterocycles. The van der Waals surface area contributed by atoms with Crippen LogP contribution in [0.15, 0.2) is 48.5 Å². The van der Waals surface area contributed by atoms with Crippen LogP contribution in [0, 0.1) is 0 Å². The van der Waals surface area contributed by atoms with Crippen molar-refractivity contribution in [1.29, 1.82) is 0 Å². The molecule has 0 bridgehead atoms. The number of hydrogen-bond acceptors (Lipinski definition) is 6. The van der Waals surface area contributed by atoms with Crippen LogP contribution in [-0.4, -0.2) is 76.9 Å². The zero-order valence-electron chi connectivity index (χ0n) is 19.0. The minimum absolute atomic E-state index is 0.00233. The summed E-state index contributed by atoms with van der Waals surface area (Å²) < 4.78 is 39.4. The molecule has 1 aliphatic rings. The molecule has 34 heavy (non-hydrogen) atoms. The number of nitrogens with zero attached hydrogens (tertiary/aromatic N) is 2. The molecule has 1 atom stereocenters. The van der Waals surface area contributed by atoms with Crippen molar-refractivity contribution in [2.24, 2.45) is 0 Å². The second-order valence-electron chi connectivity index (χ2n) is 7.73. The van der Waals surface area contributed by atoms with E-state index in [2.05, 4.69) is 0 Å². The van der Waals surface area contributed by atoms with Gasteiger partial charge in [-0.15, -0.1) is 0 Å². The van der Waals surface area contributed by atoms with Crippen molar-refractivity contribution >= 4 is 29.0 Å². The van der Waals surface area contributed by atoms with E-state index in [0.717, 1.165) is 21.2 Å². The Kier molecular flexibility index (Phi) is 8.48. The first-order valence-corrected chi connectivity index (χ1v) is 11.7. The van der Waals surface area contributed by atoms with Gasteiger partial charge in [0.2, 0.25) is 0 Å². The number of piperidine rings is 1. The quantitative estimate of drug-likeness (QED) is 0.311. The lowest BCUT2D eigenvalue weighted by atomic mass is 9.87. The normalized spacial score (nSPS) is 15.9. The van der Waals surface area contributed by atoms with Crippen LogP contribution in [-0.2, 0) is 25.5 Å². The summed E-state index contributed by atoms with van der Waals surface area (Å²) in [7, 11) is 3.05. The van der Waals surface area contributed by atoms with Crippen LogP contribution < -0.4 is 9.04 Å². The van der Waals surface area contributed by atoms with Gasteiger partial charge >= 0.3 is 12.1 Å². The van der Waals surface area contributed by atoms with E-state index >= 15 is 0 Å². The number of carboxylic acid groups (broad SMARTS) is 1. The minimum Gasteiger partial charge on any atom is -0.497 e. The molecule has 0 saturated carbocycles. The smallest absolute Gasteiger partial charge is 0.407 e. The van der Waals surface area contributed by atoms with E-state index in [-0.39, 0.29) is 39.1 Å². The molecular formula is C23H28N2O8S. The lowest BCUT2D eigenvalue weighted by molar-refractivity contribution is -0.152. The van der Waals surface area contributed by atoms with Gasteiger partial charge in [0.15, 0.2) is 5.54 Å². The average molecular weight is 493 g/mol. The van der Waals surface area contributed by atoms with Crippen molar-refractivity contribution in [2.75, 3.05) is 44.8 Å². The van der Waals surface area contributed by atoms with E-state index in [4.69, 9.17) is 14.2 Å². The van der Waals surface area contributed by atoms with E-state index in [1.807, 2.05) is 24.3 Å². The molecule has 184 valence electrons. The first kappa shape index (κ1) is 25.5. The van der Waals surface area contributed by atoms with Crippen LogP contribution in [0.4, 0.5) is 10.5 Å². The first-order chi connectivity index (χ1) is 16.3. The van der Waals surface area contributed by atoms with Crippen LogP contribution in [0.3, 0.4) is 0 Å². The summed E-state index contributed by atoms with van der Waals surface area (Å²) in [6.45, 7) is 0.183. The largest absolute Gasteiger partial charge is 0.497 e. The molecule has 3 rings (SSSR count). The molecule has 2 aromatic carbocycles. The van der Waals surface area contributed by atoms with Crippen LogP contribution in [0.5, 0.6) is 5.75 Å². The second-order valence-corrected chi connectivity index (χ2v) is 8.56. The zero-order chi connectivity index (χ0) is 24.7. The summed E-state index contributed by atoms with van der Waals surface area (Å²) in [5.74, 6) is 0.0278. The summed E-state index contributed by atoms with van der Waals surface area (Å²) >= 11 is -2.58. The number of anilines is 1. The van der Waals surface area contributed by atoms with Crippen LogP contribution in [0.2, 0.25) is 0 Å².